The molecule has 0 aliphatic carbocycles. The van der Waals surface area contributed by atoms with E-state index in [-0.39, 0.29) is 0 Å². The van der Waals surface area contributed by atoms with Gasteiger partial charge in [-0.3, -0.25) is 0 Å². The Labute approximate surface area is 88.6 Å². The molecule has 0 aromatic carbocycles. The van der Waals surface area contributed by atoms with Crippen LogP contribution in [-0.4, -0.2) is 37.7 Å². The van der Waals surface area contributed by atoms with Crippen LogP contribution in [0.2, 0.25) is 0 Å². The van der Waals surface area contributed by atoms with Crippen molar-refractivity contribution in [1.29, 1.82) is 0 Å². The van der Waals surface area contributed by atoms with Gasteiger partial charge in [-0.1, -0.05) is 13.8 Å². The fraction of sp³-hybridized carbons (Fsp3) is 1.00. The molecule has 0 radical (unpaired) electrons. The first-order valence-corrected chi connectivity index (χ1v) is 6.00. The summed E-state index contributed by atoms with van der Waals surface area (Å²) in [7, 11) is 2.21. The Hall–Kier alpha value is -0.0800. The second-order valence-electron chi connectivity index (χ2n) is 4.63. The van der Waals surface area contributed by atoms with E-state index in [4.69, 9.17) is 4.74 Å². The summed E-state index contributed by atoms with van der Waals surface area (Å²) in [5.41, 5.74) is 0.561. The van der Waals surface area contributed by atoms with Gasteiger partial charge < -0.3 is 9.64 Å². The first-order chi connectivity index (χ1) is 6.70. The van der Waals surface area contributed by atoms with Gasteiger partial charge in [0, 0.05) is 0 Å². The molecule has 0 saturated carbocycles. The van der Waals surface area contributed by atoms with Gasteiger partial charge in [0.05, 0.1) is 12.7 Å². The lowest BCUT2D eigenvalue weighted by molar-refractivity contribution is 0.0764. The van der Waals surface area contributed by atoms with E-state index in [0.717, 1.165) is 6.61 Å². The Morgan fingerprint density at radius 3 is 2.21 bits per heavy atom. The zero-order valence-corrected chi connectivity index (χ0v) is 10.2. The summed E-state index contributed by atoms with van der Waals surface area (Å²) in [6.07, 6.45) is 4.48. The molecule has 1 unspecified atom stereocenters. The van der Waals surface area contributed by atoms with Gasteiger partial charge in [0.2, 0.25) is 0 Å². The van der Waals surface area contributed by atoms with E-state index in [2.05, 4.69) is 18.9 Å². The molecule has 1 atom stereocenters. The van der Waals surface area contributed by atoms with Gasteiger partial charge in [-0.05, 0) is 51.7 Å². The van der Waals surface area contributed by atoms with E-state index < -0.39 is 0 Å². The van der Waals surface area contributed by atoms with Crippen molar-refractivity contribution in [3.05, 3.63) is 0 Å². The van der Waals surface area contributed by atoms with Gasteiger partial charge in [-0.15, -0.1) is 0 Å². The SMILES string of the molecule is CC.CC1CC2(CCN(C)CC2)CO1. The van der Waals surface area contributed by atoms with Crippen LogP contribution in [0.1, 0.15) is 40.0 Å². The Bertz CT molecular complexity index is 162. The molecule has 84 valence electrons. The summed E-state index contributed by atoms with van der Waals surface area (Å²) in [6, 6.07) is 0. The number of hydrogen-bond acceptors (Lipinski definition) is 2. The fourth-order valence-electron chi connectivity index (χ4n) is 2.49. The number of likely N-dealkylation sites (tertiary alicyclic amines) is 1. The van der Waals surface area contributed by atoms with Crippen molar-refractivity contribution in [1.82, 2.24) is 4.90 Å². The highest BCUT2D eigenvalue weighted by Crippen LogP contribution is 2.41. The molecule has 0 amide bonds. The number of rotatable bonds is 0. The minimum absolute atomic E-state index is 0.508. The zero-order chi connectivity index (χ0) is 10.6. The number of nitrogens with zero attached hydrogens (tertiary/aromatic N) is 1. The quantitative estimate of drug-likeness (QED) is 0.594. The Kier molecular flexibility index (Phi) is 4.39. The van der Waals surface area contributed by atoms with Crippen molar-refractivity contribution < 1.29 is 4.74 Å². The number of piperidine rings is 1. The van der Waals surface area contributed by atoms with Crippen molar-refractivity contribution in [3.63, 3.8) is 0 Å². The van der Waals surface area contributed by atoms with E-state index in [1.54, 1.807) is 0 Å². The monoisotopic (exact) mass is 199 g/mol. The summed E-state index contributed by atoms with van der Waals surface area (Å²) in [6.45, 7) is 9.74. The normalized spacial score (nSPS) is 31.3. The van der Waals surface area contributed by atoms with Crippen molar-refractivity contribution in [2.75, 3.05) is 26.7 Å². The van der Waals surface area contributed by atoms with Gasteiger partial charge >= 0.3 is 0 Å². The van der Waals surface area contributed by atoms with Crippen LogP contribution in [0.3, 0.4) is 0 Å². The van der Waals surface area contributed by atoms with Crippen LogP contribution in [0.15, 0.2) is 0 Å². The van der Waals surface area contributed by atoms with Crippen LogP contribution in [0.25, 0.3) is 0 Å². The predicted octanol–water partition coefficient (Wildman–Crippen LogP) is 2.53. The highest BCUT2D eigenvalue weighted by Gasteiger charge is 2.40. The van der Waals surface area contributed by atoms with E-state index >= 15 is 0 Å². The first kappa shape index (κ1) is 12.0. The molecule has 2 heteroatoms. The van der Waals surface area contributed by atoms with Crippen LogP contribution in [0, 0.1) is 5.41 Å². The predicted molar refractivity (Wildman–Crippen MR) is 60.5 cm³/mol. The average molecular weight is 199 g/mol. The Morgan fingerprint density at radius 2 is 1.79 bits per heavy atom. The largest absolute Gasteiger partial charge is 0.378 e. The third kappa shape index (κ3) is 2.71. The molecule has 1 spiro atoms. The van der Waals surface area contributed by atoms with E-state index in [9.17, 15) is 0 Å². The molecule has 0 aromatic heterocycles. The van der Waals surface area contributed by atoms with Gasteiger partial charge in [0.1, 0.15) is 0 Å². The average Bonchev–Trinajstić information content (AvgIpc) is 2.57. The molecular formula is C12H25NO. The molecule has 2 aliphatic heterocycles. The van der Waals surface area contributed by atoms with Crippen molar-refractivity contribution in [2.24, 2.45) is 5.41 Å². The highest BCUT2D eigenvalue weighted by atomic mass is 16.5. The molecule has 2 heterocycles. The summed E-state index contributed by atoms with van der Waals surface area (Å²) < 4.78 is 5.66. The van der Waals surface area contributed by atoms with Crippen LogP contribution >= 0.6 is 0 Å². The van der Waals surface area contributed by atoms with E-state index in [0.29, 0.717) is 11.5 Å². The maximum Gasteiger partial charge on any atom is 0.0553 e. The number of hydrogen-bond donors (Lipinski definition) is 0. The lowest BCUT2D eigenvalue weighted by Crippen LogP contribution is -2.38. The molecule has 2 saturated heterocycles. The molecule has 0 aromatic rings. The second-order valence-corrected chi connectivity index (χ2v) is 4.63. The first-order valence-electron chi connectivity index (χ1n) is 6.00. The standard InChI is InChI=1S/C10H19NO.C2H6/c1-9-7-10(8-12-9)3-5-11(2)6-4-10;1-2/h9H,3-8H2,1-2H3;1-2H3. The highest BCUT2D eigenvalue weighted by molar-refractivity contribution is 4.90. The van der Waals surface area contributed by atoms with Crippen LogP contribution in [0.5, 0.6) is 0 Å². The molecule has 2 nitrogen and oxygen atoms in total. The van der Waals surface area contributed by atoms with Gasteiger partial charge in [0.25, 0.3) is 0 Å². The summed E-state index contributed by atoms with van der Waals surface area (Å²) in [5, 5.41) is 0. The maximum absolute atomic E-state index is 5.66. The van der Waals surface area contributed by atoms with E-state index in [1.165, 1.54) is 32.4 Å². The zero-order valence-electron chi connectivity index (χ0n) is 10.2. The summed E-state index contributed by atoms with van der Waals surface area (Å²) >= 11 is 0. The smallest absolute Gasteiger partial charge is 0.0553 e. The third-order valence-corrected chi connectivity index (χ3v) is 3.44. The molecule has 2 fully saturated rings. The topological polar surface area (TPSA) is 12.5 Å². The summed E-state index contributed by atoms with van der Waals surface area (Å²) in [4.78, 5) is 2.42. The van der Waals surface area contributed by atoms with Crippen LogP contribution in [0.4, 0.5) is 0 Å². The maximum atomic E-state index is 5.66. The van der Waals surface area contributed by atoms with Gasteiger partial charge in [-0.2, -0.15) is 0 Å². The molecule has 14 heavy (non-hydrogen) atoms. The summed E-state index contributed by atoms with van der Waals surface area (Å²) in [5.74, 6) is 0. The molecular weight excluding hydrogens is 174 g/mol. The van der Waals surface area contributed by atoms with Gasteiger partial charge in [-0.25, -0.2) is 0 Å². The molecule has 2 aliphatic rings. The minimum atomic E-state index is 0.508. The lowest BCUT2D eigenvalue weighted by Gasteiger charge is -2.36. The third-order valence-electron chi connectivity index (χ3n) is 3.44. The van der Waals surface area contributed by atoms with Gasteiger partial charge in [0.15, 0.2) is 0 Å². The lowest BCUT2D eigenvalue weighted by atomic mass is 9.77. The Morgan fingerprint density at radius 1 is 1.21 bits per heavy atom. The van der Waals surface area contributed by atoms with Crippen molar-refractivity contribution in [3.8, 4) is 0 Å². The van der Waals surface area contributed by atoms with Crippen LogP contribution in [-0.2, 0) is 4.74 Å². The second kappa shape index (κ2) is 5.13. The molecule has 0 bridgehead atoms. The van der Waals surface area contributed by atoms with Crippen molar-refractivity contribution >= 4 is 0 Å². The fourth-order valence-corrected chi connectivity index (χ4v) is 2.49. The minimum Gasteiger partial charge on any atom is -0.378 e. The molecule has 2 rings (SSSR count). The molecule has 0 N–H and O–H groups in total. The van der Waals surface area contributed by atoms with E-state index in [1.807, 2.05) is 13.8 Å². The van der Waals surface area contributed by atoms with Crippen molar-refractivity contribution in [2.45, 2.75) is 46.1 Å². The Balaban J connectivity index is 0.000000461. The number of ether oxygens (including phenoxy) is 1. The van der Waals surface area contributed by atoms with Crippen LogP contribution < -0.4 is 0 Å².